The minimum atomic E-state index is -0.718. The van der Waals surface area contributed by atoms with Crippen LogP contribution in [-0.2, 0) is 10.2 Å². The van der Waals surface area contributed by atoms with E-state index >= 15 is 0 Å². The third-order valence-corrected chi connectivity index (χ3v) is 5.36. The maximum Gasteiger partial charge on any atom is 0.314 e. The third kappa shape index (κ3) is 1.90. The first kappa shape index (κ1) is 13.4. The van der Waals surface area contributed by atoms with Crippen molar-refractivity contribution in [3.63, 3.8) is 0 Å². The molecule has 2 aromatic rings. The van der Waals surface area contributed by atoms with Crippen LogP contribution in [0.1, 0.15) is 37.7 Å². The fourth-order valence-corrected chi connectivity index (χ4v) is 4.28. The zero-order valence-electron chi connectivity index (χ0n) is 11.5. The Bertz CT molecular complexity index is 638. The second-order valence-electron chi connectivity index (χ2n) is 5.43. The molecular formula is C16H18O3S. The number of thiophene rings is 1. The number of hydrogen-bond acceptors (Lipinski definition) is 3. The van der Waals surface area contributed by atoms with Gasteiger partial charge in [-0.2, -0.15) is 0 Å². The summed E-state index contributed by atoms with van der Waals surface area (Å²) in [5.41, 5.74) is 0.242. The lowest BCUT2D eigenvalue weighted by Crippen LogP contribution is -2.37. The lowest BCUT2D eigenvalue weighted by Gasteiger charge is -2.34. The zero-order chi connectivity index (χ0) is 14.2. The molecule has 4 heteroatoms. The third-order valence-electron chi connectivity index (χ3n) is 4.43. The highest BCUT2D eigenvalue weighted by molar-refractivity contribution is 7.17. The van der Waals surface area contributed by atoms with Gasteiger partial charge < -0.3 is 9.84 Å². The average molecular weight is 290 g/mol. The Balaban J connectivity index is 2.22. The predicted molar refractivity (Wildman–Crippen MR) is 80.8 cm³/mol. The van der Waals surface area contributed by atoms with Crippen LogP contribution in [0.4, 0.5) is 0 Å². The molecule has 1 aliphatic carbocycles. The molecular weight excluding hydrogens is 272 g/mol. The Morgan fingerprint density at radius 3 is 2.65 bits per heavy atom. The Kier molecular flexibility index (Phi) is 3.42. The van der Waals surface area contributed by atoms with Gasteiger partial charge in [0.15, 0.2) is 0 Å². The van der Waals surface area contributed by atoms with E-state index in [1.165, 1.54) is 0 Å². The summed E-state index contributed by atoms with van der Waals surface area (Å²) in [6.45, 7) is 0. The van der Waals surface area contributed by atoms with Crippen molar-refractivity contribution in [3.05, 3.63) is 29.1 Å². The molecule has 0 saturated heterocycles. The zero-order valence-corrected chi connectivity index (χ0v) is 12.3. The van der Waals surface area contributed by atoms with E-state index in [-0.39, 0.29) is 0 Å². The highest BCUT2D eigenvalue weighted by Crippen LogP contribution is 2.45. The van der Waals surface area contributed by atoms with E-state index in [0.717, 1.165) is 53.5 Å². The van der Waals surface area contributed by atoms with Gasteiger partial charge in [-0.15, -0.1) is 11.3 Å². The van der Waals surface area contributed by atoms with Crippen LogP contribution in [-0.4, -0.2) is 18.2 Å². The predicted octanol–water partition coefficient (Wildman–Crippen LogP) is 4.20. The Morgan fingerprint density at radius 2 is 2.00 bits per heavy atom. The van der Waals surface area contributed by atoms with Crippen LogP contribution in [0.2, 0.25) is 0 Å². The first-order valence-electron chi connectivity index (χ1n) is 6.97. The largest absolute Gasteiger partial charge is 0.495 e. The number of rotatable bonds is 3. The minimum absolute atomic E-state index is 0.685. The van der Waals surface area contributed by atoms with Gasteiger partial charge in [-0.3, -0.25) is 4.79 Å². The number of hydrogen-bond donors (Lipinski definition) is 1. The van der Waals surface area contributed by atoms with E-state index in [2.05, 4.69) is 0 Å². The molecule has 0 unspecified atom stereocenters. The highest BCUT2D eigenvalue weighted by Gasteiger charge is 2.42. The summed E-state index contributed by atoms with van der Waals surface area (Å²) in [6.07, 6.45) is 4.59. The van der Waals surface area contributed by atoms with E-state index in [1.807, 2.05) is 23.6 Å². The maximum absolute atomic E-state index is 12.0. The highest BCUT2D eigenvalue weighted by atomic mass is 32.1. The van der Waals surface area contributed by atoms with Crippen molar-refractivity contribution < 1.29 is 14.6 Å². The molecule has 0 spiro atoms. The lowest BCUT2D eigenvalue weighted by atomic mass is 9.68. The fraction of sp³-hybridized carbons (Fsp3) is 0.438. The van der Waals surface area contributed by atoms with Crippen molar-refractivity contribution in [2.45, 2.75) is 37.5 Å². The van der Waals surface area contributed by atoms with Gasteiger partial charge in [0.2, 0.25) is 0 Å². The summed E-state index contributed by atoms with van der Waals surface area (Å²) < 4.78 is 6.44. The quantitative estimate of drug-likeness (QED) is 0.921. The smallest absolute Gasteiger partial charge is 0.314 e. The van der Waals surface area contributed by atoms with Crippen LogP contribution < -0.4 is 4.74 Å². The number of carboxylic acid groups (broad SMARTS) is 1. The van der Waals surface area contributed by atoms with Crippen molar-refractivity contribution in [1.82, 2.24) is 0 Å². The van der Waals surface area contributed by atoms with Gasteiger partial charge in [-0.05, 0) is 35.9 Å². The van der Waals surface area contributed by atoms with Crippen molar-refractivity contribution in [1.29, 1.82) is 0 Å². The monoisotopic (exact) mass is 290 g/mol. The van der Waals surface area contributed by atoms with Crippen LogP contribution in [0.5, 0.6) is 5.75 Å². The number of ether oxygens (including phenoxy) is 1. The summed E-state index contributed by atoms with van der Waals surface area (Å²) in [5.74, 6) is 0.143. The molecule has 3 nitrogen and oxygen atoms in total. The van der Waals surface area contributed by atoms with E-state index in [0.29, 0.717) is 0 Å². The minimum Gasteiger partial charge on any atom is -0.495 e. The maximum atomic E-state index is 12.0. The lowest BCUT2D eigenvalue weighted by molar-refractivity contribution is -0.145. The van der Waals surface area contributed by atoms with Crippen molar-refractivity contribution >= 4 is 27.4 Å². The molecule has 1 aromatic heterocycles. The Labute approximate surface area is 122 Å². The summed E-state index contributed by atoms with van der Waals surface area (Å²) in [4.78, 5) is 12.0. The summed E-state index contributed by atoms with van der Waals surface area (Å²) in [7, 11) is 1.65. The average Bonchev–Trinajstić information content (AvgIpc) is 2.96. The van der Waals surface area contributed by atoms with Crippen LogP contribution in [0.3, 0.4) is 0 Å². The SMILES string of the molecule is COc1ccc(C2(C(=O)O)CCCCC2)c2ccsc12. The van der Waals surface area contributed by atoms with E-state index < -0.39 is 11.4 Å². The second-order valence-corrected chi connectivity index (χ2v) is 6.34. The van der Waals surface area contributed by atoms with E-state index in [1.54, 1.807) is 18.4 Å². The molecule has 3 rings (SSSR count). The number of carboxylic acids is 1. The fourth-order valence-electron chi connectivity index (χ4n) is 3.37. The standard InChI is InChI=1S/C16H18O3S/c1-19-13-6-5-12(11-7-10-20-14(11)13)16(15(17)18)8-3-2-4-9-16/h5-7,10H,2-4,8-9H2,1H3,(H,17,18). The Hall–Kier alpha value is -1.55. The molecule has 0 bridgehead atoms. The van der Waals surface area contributed by atoms with Gasteiger partial charge in [0.05, 0.1) is 17.2 Å². The van der Waals surface area contributed by atoms with Crippen LogP contribution in [0.25, 0.3) is 10.1 Å². The summed E-state index contributed by atoms with van der Waals surface area (Å²) in [5, 5.41) is 12.9. The summed E-state index contributed by atoms with van der Waals surface area (Å²) in [6, 6.07) is 5.89. The summed E-state index contributed by atoms with van der Waals surface area (Å²) >= 11 is 1.61. The molecule has 1 saturated carbocycles. The van der Waals surface area contributed by atoms with E-state index in [9.17, 15) is 9.90 Å². The van der Waals surface area contributed by atoms with Crippen LogP contribution in [0.15, 0.2) is 23.6 Å². The molecule has 1 aliphatic rings. The topological polar surface area (TPSA) is 46.5 Å². The van der Waals surface area contributed by atoms with Crippen LogP contribution >= 0.6 is 11.3 Å². The molecule has 106 valence electrons. The van der Waals surface area contributed by atoms with Gasteiger partial charge in [-0.1, -0.05) is 25.3 Å². The van der Waals surface area contributed by atoms with E-state index in [4.69, 9.17) is 4.74 Å². The first-order valence-corrected chi connectivity index (χ1v) is 7.85. The first-order chi connectivity index (χ1) is 9.69. The molecule has 0 atom stereocenters. The van der Waals surface area contributed by atoms with Gasteiger partial charge in [0.1, 0.15) is 5.75 Å². The normalized spacial score (nSPS) is 18.1. The van der Waals surface area contributed by atoms with Crippen molar-refractivity contribution in [2.75, 3.05) is 7.11 Å². The molecule has 1 heterocycles. The molecule has 0 radical (unpaired) electrons. The molecule has 1 aromatic carbocycles. The van der Waals surface area contributed by atoms with Crippen molar-refractivity contribution in [2.24, 2.45) is 0 Å². The number of methoxy groups -OCH3 is 1. The number of carbonyl (C=O) groups is 1. The number of aliphatic carboxylic acids is 1. The van der Waals surface area contributed by atoms with Gasteiger partial charge >= 0.3 is 5.97 Å². The molecule has 1 fully saturated rings. The molecule has 20 heavy (non-hydrogen) atoms. The number of benzene rings is 1. The molecule has 0 amide bonds. The van der Waals surface area contributed by atoms with Gasteiger partial charge in [0.25, 0.3) is 0 Å². The Morgan fingerprint density at radius 1 is 1.25 bits per heavy atom. The molecule has 0 aliphatic heterocycles. The van der Waals surface area contributed by atoms with Gasteiger partial charge in [0, 0.05) is 5.39 Å². The second kappa shape index (κ2) is 5.09. The van der Waals surface area contributed by atoms with Gasteiger partial charge in [-0.25, -0.2) is 0 Å². The number of fused-ring (bicyclic) bond motifs is 1. The van der Waals surface area contributed by atoms with Crippen molar-refractivity contribution in [3.8, 4) is 5.75 Å². The molecule has 1 N–H and O–H groups in total. The van der Waals surface area contributed by atoms with Crippen LogP contribution in [0, 0.1) is 0 Å².